The molecular formula is C10H20N2O. The van der Waals surface area contributed by atoms with Gasteiger partial charge in [-0.15, -0.1) is 0 Å². The van der Waals surface area contributed by atoms with Crippen LogP contribution in [0, 0.1) is 5.92 Å². The van der Waals surface area contributed by atoms with E-state index in [0.29, 0.717) is 12.3 Å². The number of likely N-dealkylation sites (tertiary alicyclic amines) is 1. The number of hydrogen-bond donors (Lipinski definition) is 1. The molecule has 1 atom stereocenters. The molecular weight excluding hydrogens is 164 g/mol. The Morgan fingerprint density at radius 2 is 2.15 bits per heavy atom. The third kappa shape index (κ3) is 3.35. The summed E-state index contributed by atoms with van der Waals surface area (Å²) in [5.41, 5.74) is 0.157. The van der Waals surface area contributed by atoms with Crippen LogP contribution in [0.3, 0.4) is 0 Å². The zero-order valence-electron chi connectivity index (χ0n) is 9.05. The molecule has 1 aliphatic heterocycles. The first kappa shape index (κ1) is 10.5. The first-order chi connectivity index (χ1) is 5.88. The van der Waals surface area contributed by atoms with E-state index >= 15 is 0 Å². The summed E-state index contributed by atoms with van der Waals surface area (Å²) in [5.74, 6) is 0.775. The van der Waals surface area contributed by atoms with Crippen LogP contribution in [0.2, 0.25) is 0 Å². The number of nitrogens with one attached hydrogen (secondary N) is 1. The lowest BCUT2D eigenvalue weighted by atomic mass is 10.1. The number of carbonyl (C=O) groups excluding carboxylic acids is 1. The number of carbonyl (C=O) groups is 1. The smallest absolute Gasteiger partial charge is 0.222 e. The molecule has 0 bridgehead atoms. The number of amides is 1. The molecule has 76 valence electrons. The summed E-state index contributed by atoms with van der Waals surface area (Å²) in [6.45, 7) is 8.29. The van der Waals surface area contributed by atoms with Gasteiger partial charge >= 0.3 is 0 Å². The van der Waals surface area contributed by atoms with E-state index in [1.807, 2.05) is 11.9 Å². The van der Waals surface area contributed by atoms with Crippen LogP contribution in [-0.4, -0.2) is 36.5 Å². The lowest BCUT2D eigenvalue weighted by molar-refractivity contribution is -0.126. The normalized spacial score (nSPS) is 24.2. The first-order valence-electron chi connectivity index (χ1n) is 4.87. The largest absolute Gasteiger partial charge is 0.345 e. The van der Waals surface area contributed by atoms with E-state index in [9.17, 15) is 4.79 Å². The third-order valence-corrected chi connectivity index (χ3v) is 2.34. The van der Waals surface area contributed by atoms with Crippen molar-refractivity contribution < 1.29 is 4.79 Å². The van der Waals surface area contributed by atoms with Crippen molar-refractivity contribution in [2.45, 2.75) is 32.7 Å². The van der Waals surface area contributed by atoms with Gasteiger partial charge in [-0.25, -0.2) is 0 Å². The predicted molar refractivity (Wildman–Crippen MR) is 53.5 cm³/mol. The minimum absolute atomic E-state index is 0.157. The molecule has 1 N–H and O–H groups in total. The fraction of sp³-hybridized carbons (Fsp3) is 0.900. The van der Waals surface area contributed by atoms with E-state index in [1.54, 1.807) is 0 Å². The highest BCUT2D eigenvalue weighted by molar-refractivity contribution is 5.78. The molecule has 0 spiro atoms. The SMILES string of the molecule is CN1CC(CNC(C)(C)C)CC1=O. The molecule has 1 unspecified atom stereocenters. The van der Waals surface area contributed by atoms with Gasteiger partial charge in [0.05, 0.1) is 0 Å². The summed E-state index contributed by atoms with van der Waals surface area (Å²) in [6, 6.07) is 0. The fourth-order valence-electron chi connectivity index (χ4n) is 1.54. The number of rotatable bonds is 2. The number of nitrogens with zero attached hydrogens (tertiary/aromatic N) is 1. The summed E-state index contributed by atoms with van der Waals surface area (Å²) in [4.78, 5) is 13.0. The Balaban J connectivity index is 2.29. The topological polar surface area (TPSA) is 32.3 Å². The second-order valence-electron chi connectivity index (χ2n) is 4.98. The summed E-state index contributed by atoms with van der Waals surface area (Å²) in [7, 11) is 1.87. The molecule has 1 saturated heterocycles. The molecule has 0 radical (unpaired) electrons. The maximum atomic E-state index is 11.2. The molecule has 0 aromatic carbocycles. The van der Waals surface area contributed by atoms with Gasteiger partial charge in [0.25, 0.3) is 0 Å². The Bertz CT molecular complexity index is 196. The Labute approximate surface area is 80.5 Å². The zero-order valence-corrected chi connectivity index (χ0v) is 9.05. The molecule has 0 saturated carbocycles. The van der Waals surface area contributed by atoms with Crippen LogP contribution in [0.25, 0.3) is 0 Å². The maximum Gasteiger partial charge on any atom is 0.222 e. The molecule has 1 heterocycles. The molecule has 1 aliphatic rings. The molecule has 0 aliphatic carbocycles. The Morgan fingerprint density at radius 3 is 2.54 bits per heavy atom. The van der Waals surface area contributed by atoms with E-state index in [2.05, 4.69) is 26.1 Å². The summed E-state index contributed by atoms with van der Waals surface area (Å²) < 4.78 is 0. The van der Waals surface area contributed by atoms with Crippen LogP contribution in [0.15, 0.2) is 0 Å². The van der Waals surface area contributed by atoms with Gasteiger partial charge in [0.15, 0.2) is 0 Å². The van der Waals surface area contributed by atoms with Gasteiger partial charge in [-0.2, -0.15) is 0 Å². The summed E-state index contributed by atoms with van der Waals surface area (Å²) in [6.07, 6.45) is 0.708. The average molecular weight is 184 g/mol. The predicted octanol–water partition coefficient (Wildman–Crippen LogP) is 0.853. The Morgan fingerprint density at radius 1 is 1.54 bits per heavy atom. The minimum Gasteiger partial charge on any atom is -0.345 e. The van der Waals surface area contributed by atoms with Crippen molar-refractivity contribution >= 4 is 5.91 Å². The summed E-state index contributed by atoms with van der Waals surface area (Å²) in [5, 5.41) is 3.43. The van der Waals surface area contributed by atoms with Gasteiger partial charge in [0.2, 0.25) is 5.91 Å². The molecule has 0 aromatic rings. The van der Waals surface area contributed by atoms with Gasteiger partial charge in [0.1, 0.15) is 0 Å². The number of hydrogen-bond acceptors (Lipinski definition) is 2. The molecule has 3 nitrogen and oxygen atoms in total. The molecule has 13 heavy (non-hydrogen) atoms. The van der Waals surface area contributed by atoms with Crippen LogP contribution in [0.4, 0.5) is 0 Å². The average Bonchev–Trinajstić information content (AvgIpc) is 2.27. The molecule has 1 fully saturated rings. The van der Waals surface area contributed by atoms with Gasteiger partial charge in [-0.05, 0) is 26.7 Å². The first-order valence-corrected chi connectivity index (χ1v) is 4.87. The van der Waals surface area contributed by atoms with E-state index in [-0.39, 0.29) is 11.4 Å². The van der Waals surface area contributed by atoms with Gasteiger partial charge in [-0.1, -0.05) is 0 Å². The van der Waals surface area contributed by atoms with Crippen molar-refractivity contribution in [3.05, 3.63) is 0 Å². The van der Waals surface area contributed by atoms with Crippen molar-refractivity contribution in [2.24, 2.45) is 5.92 Å². The molecule has 1 rings (SSSR count). The van der Waals surface area contributed by atoms with Crippen LogP contribution < -0.4 is 5.32 Å². The van der Waals surface area contributed by atoms with E-state index in [1.165, 1.54) is 0 Å². The van der Waals surface area contributed by atoms with Crippen molar-refractivity contribution in [1.29, 1.82) is 0 Å². The quantitative estimate of drug-likeness (QED) is 0.690. The Kier molecular flexibility index (Phi) is 2.96. The van der Waals surface area contributed by atoms with E-state index in [4.69, 9.17) is 0 Å². The van der Waals surface area contributed by atoms with E-state index in [0.717, 1.165) is 13.1 Å². The van der Waals surface area contributed by atoms with Crippen molar-refractivity contribution in [2.75, 3.05) is 20.1 Å². The van der Waals surface area contributed by atoms with Crippen LogP contribution in [0.5, 0.6) is 0 Å². The van der Waals surface area contributed by atoms with Gasteiger partial charge in [-0.3, -0.25) is 4.79 Å². The maximum absolute atomic E-state index is 11.2. The highest BCUT2D eigenvalue weighted by atomic mass is 16.2. The van der Waals surface area contributed by atoms with E-state index < -0.39 is 0 Å². The van der Waals surface area contributed by atoms with Crippen molar-refractivity contribution in [3.8, 4) is 0 Å². The highest BCUT2D eigenvalue weighted by Gasteiger charge is 2.27. The minimum atomic E-state index is 0.157. The van der Waals surface area contributed by atoms with Crippen LogP contribution in [-0.2, 0) is 4.79 Å². The summed E-state index contributed by atoms with van der Waals surface area (Å²) >= 11 is 0. The third-order valence-electron chi connectivity index (χ3n) is 2.34. The lowest BCUT2D eigenvalue weighted by Crippen LogP contribution is -2.39. The van der Waals surface area contributed by atoms with Crippen LogP contribution >= 0.6 is 0 Å². The lowest BCUT2D eigenvalue weighted by Gasteiger charge is -2.22. The van der Waals surface area contributed by atoms with Crippen molar-refractivity contribution in [3.63, 3.8) is 0 Å². The van der Waals surface area contributed by atoms with Gasteiger partial charge < -0.3 is 10.2 Å². The highest BCUT2D eigenvalue weighted by Crippen LogP contribution is 2.15. The van der Waals surface area contributed by atoms with Gasteiger partial charge in [0, 0.05) is 32.1 Å². The van der Waals surface area contributed by atoms with Crippen LogP contribution in [0.1, 0.15) is 27.2 Å². The second kappa shape index (κ2) is 3.66. The molecule has 3 heteroatoms. The molecule has 1 amide bonds. The standard InChI is InChI=1S/C10H20N2O/c1-10(2,3)11-6-8-5-9(13)12(4)7-8/h8,11H,5-7H2,1-4H3. The monoisotopic (exact) mass is 184 g/mol. The fourth-order valence-corrected chi connectivity index (χ4v) is 1.54. The zero-order chi connectivity index (χ0) is 10.1. The van der Waals surface area contributed by atoms with Crippen molar-refractivity contribution in [1.82, 2.24) is 10.2 Å². The molecule has 0 aromatic heterocycles. The second-order valence-corrected chi connectivity index (χ2v) is 4.98. The Hall–Kier alpha value is -0.570.